The average Bonchev–Trinajstić information content (AvgIpc) is 3.72. The van der Waals surface area contributed by atoms with Gasteiger partial charge in [-0.05, 0) is 65.5 Å². The first kappa shape index (κ1) is 44.0. The van der Waals surface area contributed by atoms with Gasteiger partial charge in [0.15, 0.2) is 5.78 Å². The van der Waals surface area contributed by atoms with Crippen molar-refractivity contribution < 1.29 is 28.4 Å². The second-order valence-electron chi connectivity index (χ2n) is 15.9. The highest BCUT2D eigenvalue weighted by molar-refractivity contribution is 6.41. The van der Waals surface area contributed by atoms with Crippen LogP contribution in [0.1, 0.15) is 30.5 Å². The Hall–Kier alpha value is -6.06. The smallest absolute Gasteiger partial charge is 0.368 e. The van der Waals surface area contributed by atoms with Crippen molar-refractivity contribution >= 4 is 63.3 Å². The number of aromatic nitrogens is 2. The van der Waals surface area contributed by atoms with Crippen LogP contribution in [0.4, 0.5) is 17.2 Å². The zero-order valence-corrected chi connectivity index (χ0v) is 36.7. The fourth-order valence-electron chi connectivity index (χ4n) is 7.87. The number of ketones is 1. The maximum Gasteiger partial charge on any atom is 0.368 e. The van der Waals surface area contributed by atoms with Gasteiger partial charge in [-0.2, -0.15) is 0 Å². The van der Waals surface area contributed by atoms with E-state index >= 15 is 0 Å². The SMILES string of the molecule is COc1cc(OC)c(Cl)c(-c2cc3cnc(Nc4ccc(N5CCOCC5)cc4)cc3n(C(C)c3cccc(CC(=O)/C=C/C[N+](C)(C)CC4=C([N+](=O)[O-])N=CC4)c3)c2=O)c1Cl. The van der Waals surface area contributed by atoms with E-state index in [1.165, 1.54) is 14.2 Å². The predicted molar refractivity (Wildman–Crippen MR) is 244 cm³/mol. The first-order chi connectivity index (χ1) is 29.8. The number of likely N-dealkylation sites (N-methyl/N-ethyl adjacent to an activating group) is 1. The molecule has 3 aromatic carbocycles. The number of morpholine rings is 1. The molecule has 1 saturated heterocycles. The summed E-state index contributed by atoms with van der Waals surface area (Å²) >= 11 is 13.8. The highest BCUT2D eigenvalue weighted by Gasteiger charge is 2.29. The number of allylic oxidation sites excluding steroid dienone is 1. The van der Waals surface area contributed by atoms with Crippen molar-refractivity contribution in [1.82, 2.24) is 9.55 Å². The predicted octanol–water partition coefficient (Wildman–Crippen LogP) is 8.28. The molecule has 0 radical (unpaired) electrons. The van der Waals surface area contributed by atoms with Gasteiger partial charge in [-0.25, -0.2) is 4.98 Å². The molecule has 14 nitrogen and oxygen atoms in total. The minimum Gasteiger partial charge on any atom is -0.495 e. The molecule has 0 aliphatic carbocycles. The minimum atomic E-state index is -0.542. The Labute approximate surface area is 369 Å². The van der Waals surface area contributed by atoms with Crippen LogP contribution in [0.2, 0.25) is 10.0 Å². The summed E-state index contributed by atoms with van der Waals surface area (Å²) in [5.74, 6) is 0.906. The van der Waals surface area contributed by atoms with Crippen molar-refractivity contribution in [2.24, 2.45) is 4.99 Å². The van der Waals surface area contributed by atoms with E-state index in [4.69, 9.17) is 42.4 Å². The molecule has 322 valence electrons. The number of pyridine rings is 2. The molecule has 0 bridgehead atoms. The third-order valence-electron chi connectivity index (χ3n) is 11.0. The van der Waals surface area contributed by atoms with Gasteiger partial charge in [-0.3, -0.25) is 9.59 Å². The van der Waals surface area contributed by atoms with E-state index in [9.17, 15) is 19.7 Å². The van der Waals surface area contributed by atoms with E-state index in [0.29, 0.717) is 59.5 Å². The molecule has 7 rings (SSSR count). The number of nitrogens with one attached hydrogen (secondary N) is 1. The second-order valence-corrected chi connectivity index (χ2v) is 16.6. The Morgan fingerprint density at radius 3 is 2.42 bits per heavy atom. The zero-order chi connectivity index (χ0) is 44.1. The minimum absolute atomic E-state index is 0.0974. The van der Waals surface area contributed by atoms with Gasteiger partial charge in [0.1, 0.15) is 30.1 Å². The number of anilines is 3. The fraction of sp³-hybridized carbons (Fsp3) is 0.304. The van der Waals surface area contributed by atoms with Gasteiger partial charge in [0.05, 0.1) is 80.8 Å². The summed E-state index contributed by atoms with van der Waals surface area (Å²) in [5.41, 5.74) is 4.87. The van der Waals surface area contributed by atoms with Crippen molar-refractivity contribution in [2.45, 2.75) is 25.8 Å². The van der Waals surface area contributed by atoms with Gasteiger partial charge < -0.3 is 43.6 Å². The van der Waals surface area contributed by atoms with Crippen molar-refractivity contribution in [3.05, 3.63) is 138 Å². The lowest BCUT2D eigenvalue weighted by Gasteiger charge is -2.28. The van der Waals surface area contributed by atoms with Crippen LogP contribution in [-0.2, 0) is 16.0 Å². The summed E-state index contributed by atoms with van der Waals surface area (Å²) in [4.78, 5) is 50.1. The Kier molecular flexibility index (Phi) is 13.4. The summed E-state index contributed by atoms with van der Waals surface area (Å²) in [5, 5.41) is 15.7. The lowest BCUT2D eigenvalue weighted by atomic mass is 9.99. The van der Waals surface area contributed by atoms with E-state index in [0.717, 1.165) is 35.6 Å². The molecular formula is C46H48Cl2N7O7+. The molecule has 4 heterocycles. The summed E-state index contributed by atoms with van der Waals surface area (Å²) in [7, 11) is 6.85. The van der Waals surface area contributed by atoms with Gasteiger partial charge in [-0.1, -0.05) is 52.5 Å². The lowest BCUT2D eigenvalue weighted by Crippen LogP contribution is -2.41. The number of nitrogens with zero attached hydrogens (tertiary/aromatic N) is 6. The van der Waals surface area contributed by atoms with Crippen LogP contribution in [0.25, 0.3) is 22.0 Å². The van der Waals surface area contributed by atoms with Crippen LogP contribution < -0.4 is 25.2 Å². The number of quaternary nitrogens is 1. The van der Waals surface area contributed by atoms with E-state index in [-0.39, 0.29) is 56.3 Å². The van der Waals surface area contributed by atoms with Crippen molar-refractivity contribution in [1.29, 1.82) is 0 Å². The first-order valence-corrected chi connectivity index (χ1v) is 20.9. The number of nitro groups is 1. The number of carbonyl (C=O) groups is 1. The van der Waals surface area contributed by atoms with Gasteiger partial charge >= 0.3 is 5.82 Å². The molecule has 1 fully saturated rings. The van der Waals surface area contributed by atoms with Gasteiger partial charge in [0.2, 0.25) is 0 Å². The van der Waals surface area contributed by atoms with Crippen LogP contribution in [0, 0.1) is 10.1 Å². The van der Waals surface area contributed by atoms with Crippen LogP contribution in [-0.4, -0.2) is 98.7 Å². The molecule has 0 spiro atoms. The van der Waals surface area contributed by atoms with Gasteiger partial charge in [0.25, 0.3) is 5.56 Å². The Morgan fingerprint density at radius 1 is 1.03 bits per heavy atom. The first-order valence-electron chi connectivity index (χ1n) is 20.1. The molecule has 2 aliphatic rings. The Balaban J connectivity index is 1.20. The molecule has 2 aromatic heterocycles. The van der Waals surface area contributed by atoms with Crippen molar-refractivity contribution in [3.63, 3.8) is 0 Å². The monoisotopic (exact) mass is 880 g/mol. The Bertz CT molecular complexity index is 2640. The molecule has 62 heavy (non-hydrogen) atoms. The third kappa shape index (κ3) is 9.68. The third-order valence-corrected chi connectivity index (χ3v) is 11.8. The van der Waals surface area contributed by atoms with Gasteiger partial charge in [0, 0.05) is 66.6 Å². The molecule has 0 saturated carbocycles. The molecule has 2 aliphatic heterocycles. The summed E-state index contributed by atoms with van der Waals surface area (Å²) in [6, 6.07) is 20.3. The molecular weight excluding hydrogens is 833 g/mol. The number of hydrogen-bond acceptors (Lipinski definition) is 11. The van der Waals surface area contributed by atoms with Crippen molar-refractivity contribution in [3.8, 4) is 22.6 Å². The van der Waals surface area contributed by atoms with Crippen molar-refractivity contribution in [2.75, 3.05) is 77.9 Å². The standard InChI is InChI=1S/C46H47Cl2N7O7/c1-29(31-9-6-8-30(22-31)23-36(56)10-7-19-55(2,3)28-32-15-16-49-45(32)54(58)59)53-38-25-41(51-34-11-13-35(14-12-34)52-17-20-62-21-18-52)50-27-33(38)24-37(46(53)57)42-43(47)39(60-4)26-40(61-5)44(42)48/h6-14,16,22,24-27,29H,15,17-21,23,28H2,1-5H3/p+1/b10-7+. The number of methoxy groups -OCH3 is 2. The number of carbonyl (C=O) groups excluding carboxylic acids is 1. The van der Waals surface area contributed by atoms with Crippen LogP contribution >= 0.6 is 23.2 Å². The number of halogens is 2. The number of hydrogen-bond donors (Lipinski definition) is 1. The maximum atomic E-state index is 15.0. The van der Waals surface area contributed by atoms with Gasteiger partial charge in [-0.15, -0.1) is 0 Å². The van der Waals surface area contributed by atoms with E-state index < -0.39 is 11.0 Å². The van der Waals surface area contributed by atoms with E-state index in [2.05, 4.69) is 27.3 Å². The number of benzene rings is 3. The fourth-order valence-corrected chi connectivity index (χ4v) is 8.57. The highest BCUT2D eigenvalue weighted by atomic mass is 35.5. The molecule has 16 heteroatoms. The second kappa shape index (κ2) is 18.9. The normalized spacial score (nSPS) is 14.8. The number of aliphatic imine (C=N–C) groups is 1. The van der Waals surface area contributed by atoms with Crippen LogP contribution in [0.15, 0.2) is 106 Å². The zero-order valence-electron chi connectivity index (χ0n) is 35.2. The topological polar surface area (TPSA) is 150 Å². The molecule has 1 unspecified atom stereocenters. The molecule has 5 aromatic rings. The number of rotatable bonds is 16. The highest BCUT2D eigenvalue weighted by Crippen LogP contribution is 2.46. The van der Waals surface area contributed by atoms with Crippen LogP contribution in [0.3, 0.4) is 0 Å². The molecule has 1 N–H and O–H groups in total. The summed E-state index contributed by atoms with van der Waals surface area (Å²) in [6.45, 7) is 5.89. The Morgan fingerprint density at radius 2 is 1.74 bits per heavy atom. The summed E-state index contributed by atoms with van der Waals surface area (Å²) < 4.78 is 18.7. The quantitative estimate of drug-likeness (QED) is 0.0444. The largest absolute Gasteiger partial charge is 0.495 e. The number of ether oxygens (including phenoxy) is 3. The maximum absolute atomic E-state index is 15.0. The van der Waals surface area contributed by atoms with E-state index in [1.54, 1.807) is 41.3 Å². The molecule has 1 atom stereocenters. The summed E-state index contributed by atoms with van der Waals surface area (Å²) in [6.07, 6.45) is 7.18. The average molecular weight is 882 g/mol. The number of fused-ring (bicyclic) bond motifs is 1. The van der Waals surface area contributed by atoms with E-state index in [1.807, 2.05) is 63.5 Å². The van der Waals surface area contributed by atoms with Crippen LogP contribution in [0.5, 0.6) is 11.5 Å². The lowest BCUT2D eigenvalue weighted by molar-refractivity contribution is -0.880. The molecule has 0 amide bonds.